The van der Waals surface area contributed by atoms with Gasteiger partial charge in [-0.15, -0.1) is 5.10 Å². The van der Waals surface area contributed by atoms with Gasteiger partial charge in [0.1, 0.15) is 11.3 Å². The van der Waals surface area contributed by atoms with Crippen molar-refractivity contribution in [3.8, 4) is 5.75 Å². The lowest BCUT2D eigenvalue weighted by atomic mass is 10.0. The Labute approximate surface area is 178 Å². The lowest BCUT2D eigenvalue weighted by molar-refractivity contribution is -0.140. The number of nitrogens with zero attached hydrogens (tertiary/aromatic N) is 3. The van der Waals surface area contributed by atoms with Gasteiger partial charge in [-0.3, -0.25) is 4.79 Å². The summed E-state index contributed by atoms with van der Waals surface area (Å²) in [6.07, 6.45) is 1.72. The van der Waals surface area contributed by atoms with Crippen LogP contribution in [-0.4, -0.2) is 28.1 Å². The van der Waals surface area contributed by atoms with E-state index in [9.17, 15) is 9.59 Å². The zero-order valence-corrected chi connectivity index (χ0v) is 16.8. The van der Waals surface area contributed by atoms with Crippen LogP contribution >= 0.6 is 0 Å². The summed E-state index contributed by atoms with van der Waals surface area (Å²) in [6, 6.07) is 23.4. The minimum absolute atomic E-state index is 0.343. The van der Waals surface area contributed by atoms with Gasteiger partial charge >= 0.3 is 5.97 Å². The van der Waals surface area contributed by atoms with Crippen molar-refractivity contribution in [2.75, 3.05) is 7.11 Å². The van der Waals surface area contributed by atoms with Crippen LogP contribution in [0.25, 0.3) is 22.6 Å². The third-order valence-corrected chi connectivity index (χ3v) is 4.66. The molecule has 0 aliphatic rings. The van der Waals surface area contributed by atoms with Crippen LogP contribution in [0, 0.1) is 0 Å². The van der Waals surface area contributed by atoms with E-state index in [1.165, 1.54) is 0 Å². The first-order chi connectivity index (χ1) is 15.2. The zero-order valence-electron chi connectivity index (χ0n) is 16.8. The van der Waals surface area contributed by atoms with Gasteiger partial charge in [-0.1, -0.05) is 59.8 Å². The number of esters is 1. The SMILES string of the molecule is COc1cccc(C=C(C(=O)OCn2nnc3ccccc3c2=O)c2ccccc2)c1. The number of rotatable bonds is 6. The van der Waals surface area contributed by atoms with E-state index in [0.717, 1.165) is 10.2 Å². The highest BCUT2D eigenvalue weighted by Crippen LogP contribution is 2.22. The molecular formula is C24H19N3O4. The molecule has 1 heterocycles. The topological polar surface area (TPSA) is 83.3 Å². The van der Waals surface area contributed by atoms with Crippen molar-refractivity contribution in [3.05, 3.63) is 100 Å². The van der Waals surface area contributed by atoms with Gasteiger partial charge < -0.3 is 9.47 Å². The molecule has 0 N–H and O–H groups in total. The molecule has 4 aromatic rings. The Morgan fingerprint density at radius 1 is 1.00 bits per heavy atom. The van der Waals surface area contributed by atoms with Crippen molar-refractivity contribution >= 4 is 28.5 Å². The highest BCUT2D eigenvalue weighted by Gasteiger charge is 2.15. The normalized spacial score (nSPS) is 11.3. The smallest absolute Gasteiger partial charge is 0.340 e. The van der Waals surface area contributed by atoms with E-state index in [2.05, 4.69) is 10.3 Å². The average Bonchev–Trinajstić information content (AvgIpc) is 2.83. The summed E-state index contributed by atoms with van der Waals surface area (Å²) in [5, 5.41) is 8.27. The van der Waals surface area contributed by atoms with Crippen molar-refractivity contribution < 1.29 is 14.3 Å². The van der Waals surface area contributed by atoms with Crippen molar-refractivity contribution in [2.24, 2.45) is 0 Å². The van der Waals surface area contributed by atoms with Crippen molar-refractivity contribution in [3.63, 3.8) is 0 Å². The van der Waals surface area contributed by atoms with Crippen molar-refractivity contribution in [2.45, 2.75) is 6.73 Å². The van der Waals surface area contributed by atoms with Crippen LogP contribution in [0.15, 0.2) is 83.7 Å². The molecule has 0 saturated heterocycles. The first kappa shape index (κ1) is 20.0. The number of ether oxygens (including phenoxy) is 2. The quantitative estimate of drug-likeness (QED) is 0.273. The standard InChI is InChI=1S/C24H19N3O4/c1-30-19-11-7-8-17(14-19)15-21(18-9-3-2-4-10-18)24(29)31-16-27-23(28)20-12-5-6-13-22(20)25-26-27/h2-15H,16H2,1H3. The third kappa shape index (κ3) is 4.51. The Hall–Kier alpha value is -4.26. The second-order valence-corrected chi connectivity index (χ2v) is 6.67. The van der Waals surface area contributed by atoms with E-state index < -0.39 is 5.97 Å². The largest absolute Gasteiger partial charge is 0.497 e. The molecule has 0 spiro atoms. The van der Waals surface area contributed by atoms with Crippen LogP contribution in [0.5, 0.6) is 5.75 Å². The third-order valence-electron chi connectivity index (χ3n) is 4.66. The molecular weight excluding hydrogens is 394 g/mol. The Bertz CT molecular complexity index is 1310. The lowest BCUT2D eigenvalue weighted by Crippen LogP contribution is -2.26. The van der Waals surface area contributed by atoms with Gasteiger partial charge in [-0.25, -0.2) is 4.79 Å². The Morgan fingerprint density at radius 3 is 2.58 bits per heavy atom. The number of methoxy groups -OCH3 is 1. The summed E-state index contributed by atoms with van der Waals surface area (Å²) in [5.41, 5.74) is 1.91. The van der Waals surface area contributed by atoms with Crippen LogP contribution in [0.3, 0.4) is 0 Å². The first-order valence-electron chi connectivity index (χ1n) is 9.56. The van der Waals surface area contributed by atoms with Gasteiger partial charge in [0, 0.05) is 0 Å². The number of carbonyl (C=O) groups excluding carboxylic acids is 1. The van der Waals surface area contributed by atoms with Gasteiger partial charge in [0.15, 0.2) is 6.73 Å². The molecule has 0 atom stereocenters. The van der Waals surface area contributed by atoms with E-state index in [-0.39, 0.29) is 12.3 Å². The summed E-state index contributed by atoms with van der Waals surface area (Å²) in [7, 11) is 1.58. The van der Waals surface area contributed by atoms with Crippen molar-refractivity contribution in [1.29, 1.82) is 0 Å². The van der Waals surface area contributed by atoms with Crippen LogP contribution in [0.1, 0.15) is 11.1 Å². The maximum absolute atomic E-state index is 13.0. The molecule has 31 heavy (non-hydrogen) atoms. The number of hydrogen-bond donors (Lipinski definition) is 0. The molecule has 0 radical (unpaired) electrons. The van der Waals surface area contributed by atoms with E-state index >= 15 is 0 Å². The maximum atomic E-state index is 13.0. The average molecular weight is 413 g/mol. The number of hydrogen-bond acceptors (Lipinski definition) is 6. The minimum atomic E-state index is -0.587. The van der Waals surface area contributed by atoms with Gasteiger partial charge in [0.05, 0.1) is 18.1 Å². The fourth-order valence-corrected chi connectivity index (χ4v) is 3.08. The number of aromatic nitrogens is 3. The second-order valence-electron chi connectivity index (χ2n) is 6.67. The molecule has 7 heteroatoms. The molecule has 4 rings (SSSR count). The summed E-state index contributed by atoms with van der Waals surface area (Å²) in [6.45, 7) is -0.349. The Balaban J connectivity index is 1.63. The van der Waals surface area contributed by atoms with Gasteiger partial charge in [-0.05, 0) is 41.5 Å². The van der Waals surface area contributed by atoms with Crippen LogP contribution < -0.4 is 10.3 Å². The minimum Gasteiger partial charge on any atom is -0.497 e. The van der Waals surface area contributed by atoms with E-state index in [1.54, 1.807) is 37.5 Å². The molecule has 154 valence electrons. The molecule has 0 unspecified atom stereocenters. The fraction of sp³-hybridized carbons (Fsp3) is 0.0833. The molecule has 7 nitrogen and oxygen atoms in total. The second kappa shape index (κ2) is 9.04. The molecule has 0 amide bonds. The molecule has 0 fully saturated rings. The summed E-state index contributed by atoms with van der Waals surface area (Å²) in [4.78, 5) is 25.5. The van der Waals surface area contributed by atoms with Crippen molar-refractivity contribution in [1.82, 2.24) is 15.0 Å². The highest BCUT2D eigenvalue weighted by molar-refractivity contribution is 6.21. The number of benzene rings is 3. The van der Waals surface area contributed by atoms with Crippen LogP contribution in [-0.2, 0) is 16.3 Å². The Kier molecular flexibility index (Phi) is 5.84. The molecule has 0 saturated carbocycles. The van der Waals surface area contributed by atoms with Gasteiger partial charge in [0.25, 0.3) is 5.56 Å². The summed E-state index contributed by atoms with van der Waals surface area (Å²) < 4.78 is 11.7. The molecule has 1 aromatic heterocycles. The molecule has 0 aliphatic heterocycles. The number of fused-ring (bicyclic) bond motifs is 1. The van der Waals surface area contributed by atoms with Gasteiger partial charge in [-0.2, -0.15) is 4.68 Å². The molecule has 3 aromatic carbocycles. The van der Waals surface area contributed by atoms with E-state index in [1.807, 2.05) is 54.6 Å². The summed E-state index contributed by atoms with van der Waals surface area (Å²) in [5.74, 6) is 0.0865. The Morgan fingerprint density at radius 2 is 1.77 bits per heavy atom. The monoisotopic (exact) mass is 413 g/mol. The van der Waals surface area contributed by atoms with Crippen LogP contribution in [0.4, 0.5) is 0 Å². The maximum Gasteiger partial charge on any atom is 0.340 e. The van der Waals surface area contributed by atoms with Crippen LogP contribution in [0.2, 0.25) is 0 Å². The van der Waals surface area contributed by atoms with E-state index in [4.69, 9.17) is 9.47 Å². The molecule has 0 bridgehead atoms. The zero-order chi connectivity index (χ0) is 21.6. The predicted molar refractivity (Wildman–Crippen MR) is 117 cm³/mol. The highest BCUT2D eigenvalue weighted by atomic mass is 16.5. The molecule has 0 aliphatic carbocycles. The lowest BCUT2D eigenvalue weighted by Gasteiger charge is -2.10. The van der Waals surface area contributed by atoms with Gasteiger partial charge in [0.2, 0.25) is 0 Å². The fourth-order valence-electron chi connectivity index (χ4n) is 3.08. The first-order valence-corrected chi connectivity index (χ1v) is 9.56. The summed E-state index contributed by atoms with van der Waals surface area (Å²) >= 11 is 0. The predicted octanol–water partition coefficient (Wildman–Crippen LogP) is 3.54. The van der Waals surface area contributed by atoms with E-state index in [0.29, 0.717) is 27.8 Å². The number of carbonyl (C=O) groups is 1.